The molecule has 5 aliphatic carbocycles. The number of aromatic carboxylic acids is 1. The van der Waals surface area contributed by atoms with Crippen LogP contribution in [0.15, 0.2) is 35.9 Å². The van der Waals surface area contributed by atoms with Crippen LogP contribution in [-0.4, -0.2) is 36.0 Å². The lowest BCUT2D eigenvalue weighted by Gasteiger charge is -2.70. The molecule has 6 heteroatoms. The Hall–Kier alpha value is -2.63. The molecule has 6 nitrogen and oxygen atoms in total. The van der Waals surface area contributed by atoms with Gasteiger partial charge in [0.15, 0.2) is 5.78 Å². The number of para-hydroxylation sites is 1. The second-order valence-electron chi connectivity index (χ2n) is 17.0. The van der Waals surface area contributed by atoms with Crippen LogP contribution in [0.25, 0.3) is 0 Å². The summed E-state index contributed by atoms with van der Waals surface area (Å²) < 4.78 is 11.8. The van der Waals surface area contributed by atoms with Crippen molar-refractivity contribution in [3.05, 3.63) is 41.5 Å². The van der Waals surface area contributed by atoms with E-state index in [1.807, 2.05) is 6.07 Å². The first-order chi connectivity index (χ1) is 20.5. The number of hydrogen-bond acceptors (Lipinski definition) is 5. The fraction of sp³-hybridized carbons (Fsp3) is 0.711. The predicted octanol–water partition coefficient (Wildman–Crippen LogP) is 8.29. The van der Waals surface area contributed by atoms with Gasteiger partial charge in [0.2, 0.25) is 0 Å². The zero-order valence-electron chi connectivity index (χ0n) is 28.0. The number of fused-ring (bicyclic) bond motifs is 7. The third-order valence-electron chi connectivity index (χ3n) is 14.6. The molecule has 0 bridgehead atoms. The molecule has 0 spiro atoms. The molecule has 4 saturated carbocycles. The maximum atomic E-state index is 14.7. The van der Waals surface area contributed by atoms with Gasteiger partial charge in [-0.1, -0.05) is 59.2 Å². The zero-order valence-corrected chi connectivity index (χ0v) is 28.0. The molecule has 1 N–H and O–H groups in total. The van der Waals surface area contributed by atoms with E-state index in [4.69, 9.17) is 9.47 Å². The van der Waals surface area contributed by atoms with Gasteiger partial charge in [-0.2, -0.15) is 0 Å². The van der Waals surface area contributed by atoms with Gasteiger partial charge >= 0.3 is 11.9 Å². The maximum Gasteiger partial charge on any atom is 0.339 e. The van der Waals surface area contributed by atoms with E-state index in [1.54, 1.807) is 18.2 Å². The normalized spacial score (nSPS) is 44.2. The van der Waals surface area contributed by atoms with Gasteiger partial charge in [-0.3, -0.25) is 9.59 Å². The van der Waals surface area contributed by atoms with E-state index in [2.05, 4.69) is 54.5 Å². The first kappa shape index (κ1) is 31.4. The summed E-state index contributed by atoms with van der Waals surface area (Å²) in [4.78, 5) is 39.6. The fourth-order valence-corrected chi connectivity index (χ4v) is 11.7. The van der Waals surface area contributed by atoms with Crippen molar-refractivity contribution in [3.8, 4) is 5.75 Å². The van der Waals surface area contributed by atoms with E-state index >= 15 is 0 Å². The Bertz CT molecular complexity index is 1430. The van der Waals surface area contributed by atoms with Crippen molar-refractivity contribution in [2.24, 2.45) is 50.2 Å². The van der Waals surface area contributed by atoms with Gasteiger partial charge in [0.1, 0.15) is 17.4 Å². The fourth-order valence-electron chi connectivity index (χ4n) is 11.7. The quantitative estimate of drug-likeness (QED) is 0.348. The van der Waals surface area contributed by atoms with Gasteiger partial charge in [0.05, 0.1) is 12.5 Å². The molecule has 0 amide bonds. The minimum atomic E-state index is -0.982. The summed E-state index contributed by atoms with van der Waals surface area (Å²) in [5.74, 6) is -0.0443. The number of carboxylic acids is 1. The van der Waals surface area contributed by atoms with Crippen LogP contribution in [0.1, 0.15) is 117 Å². The first-order valence-corrected chi connectivity index (χ1v) is 16.8. The van der Waals surface area contributed by atoms with Crippen molar-refractivity contribution in [2.45, 2.75) is 112 Å². The molecule has 0 aromatic heterocycles. The monoisotopic (exact) mass is 604 g/mol. The SMILES string of the molecule is COC(=O)[C@@]1(C)CC[C@]2(C)CC[C@]3(C)C(=CC(=O)[C@@H]4[C@@]5(C)CC[C@H](Oc6ccccc6C(=O)O)C(C)(C)[C@H]5CC[C@]43C)[C@H]2C1. The summed E-state index contributed by atoms with van der Waals surface area (Å²) in [6.45, 7) is 16.2. The highest BCUT2D eigenvalue weighted by atomic mass is 16.5. The Morgan fingerprint density at radius 2 is 1.57 bits per heavy atom. The smallest absolute Gasteiger partial charge is 0.339 e. The Labute approximate surface area is 263 Å². The van der Waals surface area contributed by atoms with Crippen molar-refractivity contribution in [1.82, 2.24) is 0 Å². The molecule has 0 unspecified atom stereocenters. The minimum Gasteiger partial charge on any atom is -0.489 e. The second-order valence-corrected chi connectivity index (χ2v) is 17.0. The van der Waals surface area contributed by atoms with E-state index in [1.165, 1.54) is 12.7 Å². The molecule has 0 aliphatic heterocycles. The molecule has 6 rings (SSSR count). The topological polar surface area (TPSA) is 89.9 Å². The van der Waals surface area contributed by atoms with Crippen molar-refractivity contribution in [3.63, 3.8) is 0 Å². The van der Waals surface area contributed by atoms with Crippen LogP contribution in [-0.2, 0) is 14.3 Å². The van der Waals surface area contributed by atoms with Crippen LogP contribution >= 0.6 is 0 Å². The van der Waals surface area contributed by atoms with Crippen molar-refractivity contribution < 1.29 is 29.0 Å². The first-order valence-electron chi connectivity index (χ1n) is 16.8. The second kappa shape index (κ2) is 9.93. The molecule has 0 saturated heterocycles. The number of ether oxygens (including phenoxy) is 2. The summed E-state index contributed by atoms with van der Waals surface area (Å²) in [5, 5.41) is 9.77. The molecule has 4 fully saturated rings. The number of allylic oxidation sites excluding steroid dienone is 2. The van der Waals surface area contributed by atoms with Crippen LogP contribution in [0.3, 0.4) is 0 Å². The standard InChI is InChI=1S/C38H52O6/c1-33(2)28-13-16-38(7)30(36(28,5)15-14-29(33)44-27-12-10-9-11-23(27)31(40)41)26(39)21-24-25-22-35(4,32(42)43-8)18-17-34(25,3)19-20-37(24,38)6/h9-12,21,25,28-30H,13-20,22H2,1-8H3,(H,40,41)/t25-,28-,29+,30-,34-,35+,36+,37-,38-/m1/s1. The van der Waals surface area contributed by atoms with Crippen LogP contribution in [0, 0.1) is 50.2 Å². The number of rotatable bonds is 4. The van der Waals surface area contributed by atoms with E-state index < -0.39 is 11.4 Å². The number of carbonyl (C=O) groups is 3. The van der Waals surface area contributed by atoms with E-state index in [0.29, 0.717) is 5.75 Å². The highest BCUT2D eigenvalue weighted by molar-refractivity contribution is 5.96. The largest absolute Gasteiger partial charge is 0.489 e. The summed E-state index contributed by atoms with van der Waals surface area (Å²) >= 11 is 0. The van der Waals surface area contributed by atoms with Crippen LogP contribution in [0.4, 0.5) is 0 Å². The molecule has 1 aromatic carbocycles. The van der Waals surface area contributed by atoms with Crippen LogP contribution in [0.2, 0.25) is 0 Å². The maximum absolute atomic E-state index is 14.7. The minimum absolute atomic E-state index is 0.0889. The molecule has 240 valence electrons. The zero-order chi connectivity index (χ0) is 32.1. The Kier molecular flexibility index (Phi) is 7.08. The van der Waals surface area contributed by atoms with Gasteiger partial charge in [-0.25, -0.2) is 4.79 Å². The molecular formula is C38H52O6. The van der Waals surface area contributed by atoms with Crippen molar-refractivity contribution in [1.29, 1.82) is 0 Å². The highest BCUT2D eigenvalue weighted by Crippen LogP contribution is 2.75. The van der Waals surface area contributed by atoms with Crippen molar-refractivity contribution >= 4 is 17.7 Å². The number of hydrogen-bond donors (Lipinski definition) is 1. The Balaban J connectivity index is 1.36. The Morgan fingerprint density at radius 3 is 2.25 bits per heavy atom. The summed E-state index contributed by atoms with van der Waals surface area (Å²) in [6.07, 6.45) is 10.3. The number of methoxy groups -OCH3 is 1. The van der Waals surface area contributed by atoms with Crippen molar-refractivity contribution in [2.75, 3.05) is 7.11 Å². The Morgan fingerprint density at radius 1 is 0.886 bits per heavy atom. The number of benzene rings is 1. The summed E-state index contributed by atoms with van der Waals surface area (Å²) in [6, 6.07) is 6.92. The number of ketones is 1. The van der Waals surface area contributed by atoms with Gasteiger partial charge < -0.3 is 14.6 Å². The number of carboxylic acid groups (broad SMARTS) is 1. The van der Waals surface area contributed by atoms with E-state index in [-0.39, 0.29) is 68.2 Å². The number of carbonyl (C=O) groups excluding carboxylic acids is 2. The molecule has 0 radical (unpaired) electrons. The van der Waals surface area contributed by atoms with Gasteiger partial charge in [-0.15, -0.1) is 0 Å². The van der Waals surface area contributed by atoms with E-state index in [0.717, 1.165) is 57.8 Å². The summed E-state index contributed by atoms with van der Waals surface area (Å²) in [5.41, 5.74) is 0.317. The third-order valence-corrected chi connectivity index (χ3v) is 14.6. The molecule has 5 aliphatic rings. The molecule has 0 heterocycles. The molecule has 1 aromatic rings. The average Bonchev–Trinajstić information content (AvgIpc) is 2.96. The number of esters is 1. The van der Waals surface area contributed by atoms with Gasteiger partial charge in [0.25, 0.3) is 0 Å². The van der Waals surface area contributed by atoms with Crippen LogP contribution in [0.5, 0.6) is 5.75 Å². The predicted molar refractivity (Wildman–Crippen MR) is 169 cm³/mol. The van der Waals surface area contributed by atoms with Crippen LogP contribution < -0.4 is 4.74 Å². The average molecular weight is 605 g/mol. The molecule has 44 heavy (non-hydrogen) atoms. The lowest BCUT2D eigenvalue weighted by Crippen LogP contribution is -2.67. The highest BCUT2D eigenvalue weighted by Gasteiger charge is 2.70. The van der Waals surface area contributed by atoms with Gasteiger partial charge in [-0.05, 0) is 116 Å². The van der Waals surface area contributed by atoms with E-state index in [9.17, 15) is 19.5 Å². The summed E-state index contributed by atoms with van der Waals surface area (Å²) in [7, 11) is 1.49. The molecule has 9 atom stereocenters. The third kappa shape index (κ3) is 4.14. The lowest BCUT2D eigenvalue weighted by molar-refractivity contribution is -0.199. The lowest BCUT2D eigenvalue weighted by atomic mass is 9.33. The molecular weight excluding hydrogens is 552 g/mol. The van der Waals surface area contributed by atoms with Gasteiger partial charge in [0, 0.05) is 11.3 Å².